The average Bonchev–Trinajstić information content (AvgIpc) is 2.90. The number of halogens is 1. The van der Waals surface area contributed by atoms with E-state index in [1.54, 1.807) is 18.2 Å². The summed E-state index contributed by atoms with van der Waals surface area (Å²) >= 11 is 0. The Kier molecular flexibility index (Phi) is 6.61. The van der Waals surface area contributed by atoms with Gasteiger partial charge in [0, 0.05) is 18.2 Å². The summed E-state index contributed by atoms with van der Waals surface area (Å²) in [7, 11) is 0. The van der Waals surface area contributed by atoms with Crippen LogP contribution in [0.3, 0.4) is 0 Å². The number of unbranched alkanes of at least 4 members (excludes halogenated alkanes) is 1. The van der Waals surface area contributed by atoms with E-state index in [4.69, 9.17) is 15.2 Å². The van der Waals surface area contributed by atoms with Crippen LogP contribution in [0.1, 0.15) is 36.5 Å². The predicted octanol–water partition coefficient (Wildman–Crippen LogP) is 2.08. The molecule has 0 aromatic heterocycles. The Hall–Kier alpha value is -1.46. The van der Waals surface area contributed by atoms with Crippen molar-refractivity contribution in [1.29, 1.82) is 0 Å². The maximum Gasteiger partial charge on any atom is 0.251 e. The summed E-state index contributed by atoms with van der Waals surface area (Å²) in [5.41, 5.74) is 6.24. The SMILES string of the molecule is CCCCC(CN)NC(=O)c1ccc2c(c1)OCO2.Cl. The quantitative estimate of drug-likeness (QED) is 0.843. The van der Waals surface area contributed by atoms with Crippen LogP contribution in [0.4, 0.5) is 0 Å². The van der Waals surface area contributed by atoms with Gasteiger partial charge in [-0.25, -0.2) is 0 Å². The molecule has 0 aliphatic carbocycles. The Morgan fingerprint density at radius 3 is 2.85 bits per heavy atom. The summed E-state index contributed by atoms with van der Waals surface area (Å²) in [5.74, 6) is 1.17. The molecule has 1 aromatic carbocycles. The number of rotatable bonds is 6. The number of nitrogens with two attached hydrogens (primary N) is 1. The number of amides is 1. The molecule has 1 heterocycles. The minimum absolute atomic E-state index is 0. The Bertz CT molecular complexity index is 454. The summed E-state index contributed by atoms with van der Waals surface area (Å²) in [5, 5.41) is 2.95. The molecule has 0 spiro atoms. The second kappa shape index (κ2) is 7.97. The average molecular weight is 301 g/mol. The fourth-order valence-corrected chi connectivity index (χ4v) is 2.01. The fourth-order valence-electron chi connectivity index (χ4n) is 2.01. The van der Waals surface area contributed by atoms with Gasteiger partial charge in [-0.3, -0.25) is 4.79 Å². The van der Waals surface area contributed by atoms with Crippen molar-refractivity contribution in [2.45, 2.75) is 32.2 Å². The van der Waals surface area contributed by atoms with E-state index in [2.05, 4.69) is 12.2 Å². The molecule has 20 heavy (non-hydrogen) atoms. The monoisotopic (exact) mass is 300 g/mol. The number of ether oxygens (including phenoxy) is 2. The van der Waals surface area contributed by atoms with E-state index < -0.39 is 0 Å². The van der Waals surface area contributed by atoms with Crippen LogP contribution in [0, 0.1) is 0 Å². The van der Waals surface area contributed by atoms with Crippen molar-refractivity contribution in [1.82, 2.24) is 5.32 Å². The van der Waals surface area contributed by atoms with Crippen LogP contribution in [-0.2, 0) is 0 Å². The molecule has 0 bridgehead atoms. The third-order valence-corrected chi connectivity index (χ3v) is 3.16. The van der Waals surface area contributed by atoms with Crippen LogP contribution < -0.4 is 20.5 Å². The van der Waals surface area contributed by atoms with Gasteiger partial charge in [-0.2, -0.15) is 0 Å². The lowest BCUT2D eigenvalue weighted by molar-refractivity contribution is 0.0935. The van der Waals surface area contributed by atoms with Gasteiger partial charge in [-0.1, -0.05) is 19.8 Å². The van der Waals surface area contributed by atoms with Gasteiger partial charge in [0.2, 0.25) is 6.79 Å². The molecule has 3 N–H and O–H groups in total. The summed E-state index contributed by atoms with van der Waals surface area (Å²) < 4.78 is 10.5. The number of fused-ring (bicyclic) bond motifs is 1. The smallest absolute Gasteiger partial charge is 0.251 e. The molecule has 1 aliphatic heterocycles. The first-order chi connectivity index (χ1) is 9.24. The number of nitrogens with one attached hydrogen (secondary N) is 1. The molecule has 1 amide bonds. The molecule has 1 aromatic rings. The van der Waals surface area contributed by atoms with Gasteiger partial charge in [-0.15, -0.1) is 12.4 Å². The highest BCUT2D eigenvalue weighted by atomic mass is 35.5. The third-order valence-electron chi connectivity index (χ3n) is 3.16. The Morgan fingerprint density at radius 1 is 1.40 bits per heavy atom. The Balaban J connectivity index is 0.00000200. The van der Waals surface area contributed by atoms with Gasteiger partial charge in [0.1, 0.15) is 0 Å². The third kappa shape index (κ3) is 4.02. The lowest BCUT2D eigenvalue weighted by atomic mass is 10.1. The first-order valence-electron chi connectivity index (χ1n) is 6.65. The van der Waals surface area contributed by atoms with Gasteiger partial charge in [0.05, 0.1) is 0 Å². The van der Waals surface area contributed by atoms with Gasteiger partial charge < -0.3 is 20.5 Å². The molecule has 1 unspecified atom stereocenters. The van der Waals surface area contributed by atoms with E-state index in [0.717, 1.165) is 19.3 Å². The number of benzene rings is 1. The van der Waals surface area contributed by atoms with E-state index >= 15 is 0 Å². The zero-order valence-corrected chi connectivity index (χ0v) is 12.4. The van der Waals surface area contributed by atoms with E-state index in [9.17, 15) is 4.79 Å². The number of carbonyl (C=O) groups excluding carboxylic acids is 1. The fraction of sp³-hybridized carbons (Fsp3) is 0.500. The van der Waals surface area contributed by atoms with Crippen LogP contribution in [0.2, 0.25) is 0 Å². The first-order valence-corrected chi connectivity index (χ1v) is 6.65. The van der Waals surface area contributed by atoms with Crippen LogP contribution >= 0.6 is 12.4 Å². The Morgan fingerprint density at radius 2 is 2.15 bits per heavy atom. The minimum Gasteiger partial charge on any atom is -0.454 e. The van der Waals surface area contributed by atoms with Crippen molar-refractivity contribution in [3.8, 4) is 11.5 Å². The predicted molar refractivity (Wildman–Crippen MR) is 79.6 cm³/mol. The molecule has 5 nitrogen and oxygen atoms in total. The maximum absolute atomic E-state index is 12.1. The van der Waals surface area contributed by atoms with Crippen molar-refractivity contribution < 1.29 is 14.3 Å². The normalized spacial score (nSPS) is 13.5. The first kappa shape index (κ1) is 16.6. The van der Waals surface area contributed by atoms with Crippen molar-refractivity contribution >= 4 is 18.3 Å². The van der Waals surface area contributed by atoms with Gasteiger partial charge in [0.25, 0.3) is 5.91 Å². The minimum atomic E-state index is -0.121. The highest BCUT2D eigenvalue weighted by molar-refractivity contribution is 5.95. The zero-order chi connectivity index (χ0) is 13.7. The second-order valence-electron chi connectivity index (χ2n) is 4.62. The standard InChI is InChI=1S/C14H20N2O3.ClH/c1-2-3-4-11(8-15)16-14(17)10-5-6-12-13(7-10)19-9-18-12;/h5-7,11H,2-4,8-9,15H2,1H3,(H,16,17);1H. The van der Waals surface area contributed by atoms with Gasteiger partial charge in [0.15, 0.2) is 11.5 Å². The molecule has 1 aliphatic rings. The molecule has 6 heteroatoms. The molecular formula is C14H21ClN2O3. The van der Waals surface area contributed by atoms with Gasteiger partial charge in [-0.05, 0) is 24.6 Å². The van der Waals surface area contributed by atoms with Crippen molar-refractivity contribution in [3.63, 3.8) is 0 Å². The summed E-state index contributed by atoms with van der Waals surface area (Å²) in [6.07, 6.45) is 3.06. The number of carbonyl (C=O) groups is 1. The molecule has 2 rings (SSSR count). The lowest BCUT2D eigenvalue weighted by Crippen LogP contribution is -2.40. The maximum atomic E-state index is 12.1. The molecule has 0 fully saturated rings. The van der Waals surface area contributed by atoms with Crippen LogP contribution in [0.25, 0.3) is 0 Å². The zero-order valence-electron chi connectivity index (χ0n) is 11.6. The molecular weight excluding hydrogens is 280 g/mol. The van der Waals surface area contributed by atoms with Crippen molar-refractivity contribution in [2.75, 3.05) is 13.3 Å². The molecule has 0 saturated heterocycles. The Labute approximate surface area is 125 Å². The number of hydrogen-bond acceptors (Lipinski definition) is 4. The van der Waals surface area contributed by atoms with Crippen LogP contribution in [-0.4, -0.2) is 25.3 Å². The molecule has 0 radical (unpaired) electrons. The van der Waals surface area contributed by atoms with E-state index in [-0.39, 0.29) is 31.1 Å². The highest BCUT2D eigenvalue weighted by Crippen LogP contribution is 2.32. The highest BCUT2D eigenvalue weighted by Gasteiger charge is 2.17. The number of hydrogen-bond donors (Lipinski definition) is 2. The van der Waals surface area contributed by atoms with Crippen molar-refractivity contribution in [3.05, 3.63) is 23.8 Å². The molecule has 0 saturated carbocycles. The van der Waals surface area contributed by atoms with Crippen LogP contribution in [0.5, 0.6) is 11.5 Å². The van der Waals surface area contributed by atoms with E-state index in [0.29, 0.717) is 23.6 Å². The summed E-state index contributed by atoms with van der Waals surface area (Å²) in [6, 6.07) is 5.21. The second-order valence-corrected chi connectivity index (χ2v) is 4.62. The van der Waals surface area contributed by atoms with E-state index in [1.807, 2.05) is 0 Å². The largest absolute Gasteiger partial charge is 0.454 e. The topological polar surface area (TPSA) is 73.6 Å². The summed E-state index contributed by atoms with van der Waals surface area (Å²) in [4.78, 5) is 12.1. The van der Waals surface area contributed by atoms with E-state index in [1.165, 1.54) is 0 Å². The van der Waals surface area contributed by atoms with Crippen LogP contribution in [0.15, 0.2) is 18.2 Å². The molecule has 1 atom stereocenters. The lowest BCUT2D eigenvalue weighted by Gasteiger charge is -2.16. The van der Waals surface area contributed by atoms with Crippen molar-refractivity contribution in [2.24, 2.45) is 5.73 Å². The van der Waals surface area contributed by atoms with Gasteiger partial charge >= 0.3 is 0 Å². The molecule has 112 valence electrons. The summed E-state index contributed by atoms with van der Waals surface area (Å²) in [6.45, 7) is 2.78.